The average molecular weight is 335 g/mol. The predicted octanol–water partition coefficient (Wildman–Crippen LogP) is 3.60. The minimum Gasteiger partial charge on any atom is -0.388 e. The maximum Gasteiger partial charge on any atom is 0.285 e. The SMILES string of the molecule is CCCCCCCCc1ccc(/C=C/C(CO)(CO)[N+](=O)[O-])cc1. The van der Waals surface area contributed by atoms with Crippen molar-refractivity contribution in [1.29, 1.82) is 0 Å². The Morgan fingerprint density at radius 2 is 1.62 bits per heavy atom. The van der Waals surface area contributed by atoms with Crippen LogP contribution in [0.25, 0.3) is 6.08 Å². The van der Waals surface area contributed by atoms with Crippen molar-refractivity contribution < 1.29 is 15.1 Å². The summed E-state index contributed by atoms with van der Waals surface area (Å²) < 4.78 is 0. The highest BCUT2D eigenvalue weighted by atomic mass is 16.6. The molecule has 1 rings (SSSR count). The van der Waals surface area contributed by atoms with Gasteiger partial charge in [0, 0.05) is 4.92 Å². The molecule has 1 aromatic rings. The van der Waals surface area contributed by atoms with Gasteiger partial charge in [-0.25, -0.2) is 0 Å². The van der Waals surface area contributed by atoms with Crippen LogP contribution in [-0.2, 0) is 6.42 Å². The first-order valence-corrected chi connectivity index (χ1v) is 8.72. The molecule has 0 aromatic heterocycles. The number of aliphatic hydroxyl groups is 2. The lowest BCUT2D eigenvalue weighted by atomic mass is 10.00. The van der Waals surface area contributed by atoms with Gasteiger partial charge < -0.3 is 10.2 Å². The van der Waals surface area contributed by atoms with Crippen LogP contribution >= 0.6 is 0 Å². The normalized spacial score (nSPS) is 12.0. The van der Waals surface area contributed by atoms with Crippen LogP contribution in [0.1, 0.15) is 56.6 Å². The second-order valence-corrected chi connectivity index (χ2v) is 6.27. The van der Waals surface area contributed by atoms with Gasteiger partial charge in [-0.15, -0.1) is 0 Å². The first-order chi connectivity index (χ1) is 11.6. The minimum absolute atomic E-state index is 0.656. The van der Waals surface area contributed by atoms with Crippen molar-refractivity contribution in [2.75, 3.05) is 13.2 Å². The Morgan fingerprint density at radius 1 is 1.04 bits per heavy atom. The number of nitrogens with zero attached hydrogens (tertiary/aromatic N) is 1. The van der Waals surface area contributed by atoms with E-state index in [4.69, 9.17) is 0 Å². The molecule has 0 radical (unpaired) electrons. The fourth-order valence-corrected chi connectivity index (χ4v) is 2.49. The van der Waals surface area contributed by atoms with Crippen molar-refractivity contribution in [2.24, 2.45) is 0 Å². The third-order valence-corrected chi connectivity index (χ3v) is 4.30. The van der Waals surface area contributed by atoms with Gasteiger partial charge in [0.2, 0.25) is 0 Å². The van der Waals surface area contributed by atoms with Gasteiger partial charge in [0.05, 0.1) is 0 Å². The van der Waals surface area contributed by atoms with Gasteiger partial charge in [-0.2, -0.15) is 0 Å². The zero-order valence-electron chi connectivity index (χ0n) is 14.5. The molecule has 5 heteroatoms. The molecule has 0 bridgehead atoms. The monoisotopic (exact) mass is 335 g/mol. The number of rotatable bonds is 12. The van der Waals surface area contributed by atoms with Gasteiger partial charge in [0.25, 0.3) is 5.54 Å². The predicted molar refractivity (Wildman–Crippen MR) is 96.5 cm³/mol. The molecule has 0 saturated heterocycles. The molecule has 24 heavy (non-hydrogen) atoms. The molecule has 134 valence electrons. The smallest absolute Gasteiger partial charge is 0.285 e. The van der Waals surface area contributed by atoms with E-state index >= 15 is 0 Å². The number of hydrogen-bond acceptors (Lipinski definition) is 4. The first kappa shape index (κ1) is 20.3. The summed E-state index contributed by atoms with van der Waals surface area (Å²) in [7, 11) is 0. The summed E-state index contributed by atoms with van der Waals surface area (Å²) in [4.78, 5) is 10.3. The Balaban J connectivity index is 2.52. The molecule has 0 saturated carbocycles. The number of aryl methyl sites for hydroxylation is 1. The van der Waals surface area contributed by atoms with E-state index in [1.807, 2.05) is 24.3 Å². The molecular weight excluding hydrogens is 306 g/mol. The highest BCUT2D eigenvalue weighted by Gasteiger charge is 2.38. The molecule has 0 aliphatic rings. The third kappa shape index (κ3) is 6.42. The van der Waals surface area contributed by atoms with Crippen LogP contribution in [-0.4, -0.2) is 33.9 Å². The number of hydrogen-bond donors (Lipinski definition) is 2. The molecular formula is C19H29NO4. The summed E-state index contributed by atoms with van der Waals surface area (Å²) in [6.45, 7) is 0.749. The van der Waals surface area contributed by atoms with Crippen LogP contribution in [0.2, 0.25) is 0 Å². The van der Waals surface area contributed by atoms with Crippen LogP contribution in [0.4, 0.5) is 0 Å². The van der Waals surface area contributed by atoms with Crippen molar-refractivity contribution in [3.05, 3.63) is 51.6 Å². The van der Waals surface area contributed by atoms with E-state index in [0.717, 1.165) is 12.0 Å². The average Bonchev–Trinajstić information content (AvgIpc) is 2.60. The fourth-order valence-electron chi connectivity index (χ4n) is 2.49. The molecule has 0 atom stereocenters. The number of benzene rings is 1. The van der Waals surface area contributed by atoms with Gasteiger partial charge in [-0.05, 0) is 30.0 Å². The van der Waals surface area contributed by atoms with Crippen LogP contribution < -0.4 is 0 Å². The quantitative estimate of drug-likeness (QED) is 0.347. The maximum absolute atomic E-state index is 11.0. The van der Waals surface area contributed by atoms with E-state index in [1.165, 1.54) is 50.2 Å². The van der Waals surface area contributed by atoms with E-state index in [0.29, 0.717) is 0 Å². The molecule has 0 unspecified atom stereocenters. The second kappa shape index (κ2) is 10.9. The van der Waals surface area contributed by atoms with Crippen molar-refractivity contribution in [1.82, 2.24) is 0 Å². The summed E-state index contributed by atoms with van der Waals surface area (Å²) in [5, 5.41) is 29.4. The minimum atomic E-state index is -1.82. The largest absolute Gasteiger partial charge is 0.388 e. The molecule has 1 aromatic carbocycles. The van der Waals surface area contributed by atoms with Gasteiger partial charge in [-0.1, -0.05) is 69.4 Å². The summed E-state index contributed by atoms with van der Waals surface area (Å²) >= 11 is 0. The fraction of sp³-hybridized carbons (Fsp3) is 0.579. The molecule has 0 aliphatic carbocycles. The Labute approximate surface area is 144 Å². The molecule has 0 amide bonds. The van der Waals surface area contributed by atoms with Gasteiger partial charge in [0.1, 0.15) is 13.2 Å². The van der Waals surface area contributed by atoms with Crippen LogP contribution in [0.15, 0.2) is 30.3 Å². The van der Waals surface area contributed by atoms with Crippen molar-refractivity contribution in [3.8, 4) is 0 Å². The summed E-state index contributed by atoms with van der Waals surface area (Å²) in [6, 6.07) is 7.86. The lowest BCUT2D eigenvalue weighted by Gasteiger charge is -2.16. The van der Waals surface area contributed by atoms with E-state index in [9.17, 15) is 20.3 Å². The Hall–Kier alpha value is -1.72. The summed E-state index contributed by atoms with van der Waals surface area (Å²) in [5.41, 5.74) is 0.249. The number of unbranched alkanes of at least 4 members (excludes halogenated alkanes) is 5. The lowest BCUT2D eigenvalue weighted by Crippen LogP contribution is -2.43. The molecule has 2 N–H and O–H groups in total. The van der Waals surface area contributed by atoms with Crippen LogP contribution in [0.5, 0.6) is 0 Å². The van der Waals surface area contributed by atoms with Crippen molar-refractivity contribution in [3.63, 3.8) is 0 Å². The highest BCUT2D eigenvalue weighted by molar-refractivity contribution is 5.51. The number of nitro groups is 1. The van der Waals surface area contributed by atoms with Gasteiger partial charge >= 0.3 is 0 Å². The Bertz CT molecular complexity index is 507. The number of aliphatic hydroxyl groups excluding tert-OH is 2. The second-order valence-electron chi connectivity index (χ2n) is 6.27. The highest BCUT2D eigenvalue weighted by Crippen LogP contribution is 2.15. The topological polar surface area (TPSA) is 83.6 Å². The molecule has 0 fully saturated rings. The standard InChI is InChI=1S/C19H29NO4/c1-2-3-4-5-6-7-8-17-9-11-18(12-10-17)13-14-19(15-21,16-22)20(23)24/h9-14,21-22H,2-8,15-16H2,1H3/b14-13+. The van der Waals surface area contributed by atoms with Gasteiger partial charge in [0.15, 0.2) is 0 Å². The maximum atomic E-state index is 11.0. The molecule has 0 spiro atoms. The van der Waals surface area contributed by atoms with E-state index in [-0.39, 0.29) is 0 Å². The molecule has 0 aliphatic heterocycles. The van der Waals surface area contributed by atoms with E-state index in [2.05, 4.69) is 6.92 Å². The molecule has 0 heterocycles. The van der Waals surface area contributed by atoms with Crippen LogP contribution in [0.3, 0.4) is 0 Å². The van der Waals surface area contributed by atoms with Crippen molar-refractivity contribution in [2.45, 2.75) is 57.4 Å². The summed E-state index contributed by atoms with van der Waals surface area (Å²) in [5.74, 6) is 0. The van der Waals surface area contributed by atoms with Gasteiger partial charge in [-0.3, -0.25) is 10.1 Å². The summed E-state index contributed by atoms with van der Waals surface area (Å²) in [6.07, 6.45) is 11.5. The third-order valence-electron chi connectivity index (χ3n) is 4.30. The van der Waals surface area contributed by atoms with E-state index < -0.39 is 23.7 Å². The Morgan fingerprint density at radius 3 is 2.17 bits per heavy atom. The zero-order valence-corrected chi connectivity index (χ0v) is 14.5. The van der Waals surface area contributed by atoms with E-state index in [1.54, 1.807) is 6.08 Å². The van der Waals surface area contributed by atoms with Crippen molar-refractivity contribution >= 4 is 6.08 Å². The Kier molecular flexibility index (Phi) is 9.27. The molecule has 5 nitrogen and oxygen atoms in total. The first-order valence-electron chi connectivity index (χ1n) is 8.72. The van der Waals surface area contributed by atoms with Crippen LogP contribution in [0, 0.1) is 10.1 Å². The lowest BCUT2D eigenvalue weighted by molar-refractivity contribution is -0.561. The zero-order chi connectivity index (χ0) is 17.8.